The van der Waals surface area contributed by atoms with E-state index in [-0.39, 0.29) is 5.91 Å². The van der Waals surface area contributed by atoms with Gasteiger partial charge in [0, 0.05) is 17.6 Å². The van der Waals surface area contributed by atoms with Crippen LogP contribution >= 0.6 is 0 Å². The SMILES string of the molecule is Cc1cc(C(=O)N[C@@H](C)C(=O)O)c(C)n1Cc1ccccn1. The molecule has 2 N–H and O–H groups in total. The molecule has 0 unspecified atom stereocenters. The molecule has 0 spiro atoms. The molecule has 0 saturated carbocycles. The molecule has 22 heavy (non-hydrogen) atoms. The van der Waals surface area contributed by atoms with Crippen molar-refractivity contribution in [1.82, 2.24) is 14.9 Å². The first-order valence-corrected chi connectivity index (χ1v) is 7.00. The third kappa shape index (κ3) is 3.33. The Morgan fingerprint density at radius 2 is 2.09 bits per heavy atom. The molecule has 0 aliphatic carbocycles. The number of carboxylic acids is 1. The first kappa shape index (κ1) is 15.8. The van der Waals surface area contributed by atoms with E-state index in [2.05, 4.69) is 10.3 Å². The Balaban J connectivity index is 2.23. The number of hydrogen-bond donors (Lipinski definition) is 2. The molecular formula is C16H19N3O3. The molecule has 6 nitrogen and oxygen atoms in total. The Morgan fingerprint density at radius 3 is 2.68 bits per heavy atom. The van der Waals surface area contributed by atoms with Gasteiger partial charge in [-0.25, -0.2) is 0 Å². The zero-order chi connectivity index (χ0) is 16.3. The second-order valence-corrected chi connectivity index (χ2v) is 5.23. The van der Waals surface area contributed by atoms with Crippen molar-refractivity contribution < 1.29 is 14.7 Å². The summed E-state index contributed by atoms with van der Waals surface area (Å²) in [5.41, 5.74) is 3.10. The number of aryl methyl sites for hydroxylation is 1. The summed E-state index contributed by atoms with van der Waals surface area (Å²) >= 11 is 0. The molecule has 0 aromatic carbocycles. The molecule has 2 aromatic heterocycles. The van der Waals surface area contributed by atoms with Gasteiger partial charge in [0.25, 0.3) is 5.91 Å². The number of carboxylic acid groups (broad SMARTS) is 1. The number of aliphatic carboxylic acids is 1. The van der Waals surface area contributed by atoms with Gasteiger partial charge in [0.15, 0.2) is 0 Å². The lowest BCUT2D eigenvalue weighted by Crippen LogP contribution is -2.38. The fraction of sp³-hybridized carbons (Fsp3) is 0.312. The van der Waals surface area contributed by atoms with Crippen LogP contribution in [0.5, 0.6) is 0 Å². The largest absolute Gasteiger partial charge is 0.480 e. The van der Waals surface area contributed by atoms with E-state index in [0.717, 1.165) is 17.1 Å². The van der Waals surface area contributed by atoms with E-state index in [0.29, 0.717) is 12.1 Å². The smallest absolute Gasteiger partial charge is 0.325 e. The van der Waals surface area contributed by atoms with Gasteiger partial charge in [-0.3, -0.25) is 14.6 Å². The van der Waals surface area contributed by atoms with Crippen molar-refractivity contribution in [1.29, 1.82) is 0 Å². The Kier molecular flexibility index (Phi) is 4.60. The molecule has 116 valence electrons. The average Bonchev–Trinajstić information content (AvgIpc) is 2.76. The van der Waals surface area contributed by atoms with Crippen LogP contribution in [0.1, 0.15) is 34.4 Å². The normalized spacial score (nSPS) is 12.0. The topological polar surface area (TPSA) is 84.2 Å². The highest BCUT2D eigenvalue weighted by Crippen LogP contribution is 2.16. The molecule has 2 rings (SSSR count). The van der Waals surface area contributed by atoms with E-state index in [9.17, 15) is 9.59 Å². The third-order valence-electron chi connectivity index (χ3n) is 3.58. The van der Waals surface area contributed by atoms with E-state index >= 15 is 0 Å². The molecular weight excluding hydrogens is 282 g/mol. The maximum atomic E-state index is 12.2. The summed E-state index contributed by atoms with van der Waals surface area (Å²) in [7, 11) is 0. The number of carbonyl (C=O) groups is 2. The highest BCUT2D eigenvalue weighted by atomic mass is 16.4. The highest BCUT2D eigenvalue weighted by Gasteiger charge is 2.20. The first-order valence-electron chi connectivity index (χ1n) is 7.00. The fourth-order valence-corrected chi connectivity index (χ4v) is 2.26. The standard InChI is InChI=1S/C16H19N3O3/c1-10-8-14(15(20)18-11(2)16(21)22)12(3)19(10)9-13-6-4-5-7-17-13/h4-8,11H,9H2,1-3H3,(H,18,20)(H,21,22)/t11-/m0/s1. The molecule has 0 bridgehead atoms. The lowest BCUT2D eigenvalue weighted by Gasteiger charge is -2.11. The minimum Gasteiger partial charge on any atom is -0.480 e. The van der Waals surface area contributed by atoms with Crippen molar-refractivity contribution in [2.45, 2.75) is 33.4 Å². The molecule has 6 heteroatoms. The van der Waals surface area contributed by atoms with Crippen molar-refractivity contribution in [2.75, 3.05) is 0 Å². The predicted molar refractivity (Wildman–Crippen MR) is 81.8 cm³/mol. The maximum Gasteiger partial charge on any atom is 0.325 e. The summed E-state index contributed by atoms with van der Waals surface area (Å²) in [6.45, 7) is 5.76. The molecule has 1 atom stereocenters. The Labute approximate surface area is 128 Å². The number of pyridine rings is 1. The first-order chi connectivity index (χ1) is 10.4. The van der Waals surface area contributed by atoms with E-state index in [4.69, 9.17) is 5.11 Å². The van der Waals surface area contributed by atoms with Gasteiger partial charge in [-0.15, -0.1) is 0 Å². The molecule has 1 amide bonds. The van der Waals surface area contributed by atoms with Crippen LogP contribution in [-0.2, 0) is 11.3 Å². The van der Waals surface area contributed by atoms with Crippen LogP contribution in [-0.4, -0.2) is 32.6 Å². The fourth-order valence-electron chi connectivity index (χ4n) is 2.26. The van der Waals surface area contributed by atoms with Crippen LogP contribution in [0.3, 0.4) is 0 Å². The molecule has 2 aromatic rings. The minimum atomic E-state index is -1.06. The molecule has 0 aliphatic heterocycles. The molecule has 0 saturated heterocycles. The maximum absolute atomic E-state index is 12.2. The van der Waals surface area contributed by atoms with Gasteiger partial charge in [-0.1, -0.05) is 6.07 Å². The van der Waals surface area contributed by atoms with Crippen molar-refractivity contribution in [2.24, 2.45) is 0 Å². The number of carbonyl (C=O) groups excluding carboxylic acids is 1. The number of nitrogens with zero attached hydrogens (tertiary/aromatic N) is 2. The summed E-state index contributed by atoms with van der Waals surface area (Å²) < 4.78 is 1.99. The second kappa shape index (κ2) is 6.43. The van der Waals surface area contributed by atoms with Gasteiger partial charge < -0.3 is 15.0 Å². The number of amides is 1. The predicted octanol–water partition coefficient (Wildman–Crippen LogP) is 1.75. The van der Waals surface area contributed by atoms with Crippen molar-refractivity contribution >= 4 is 11.9 Å². The molecule has 0 aliphatic rings. The Hall–Kier alpha value is -2.63. The number of hydrogen-bond acceptors (Lipinski definition) is 3. The zero-order valence-corrected chi connectivity index (χ0v) is 12.8. The minimum absolute atomic E-state index is 0.379. The summed E-state index contributed by atoms with van der Waals surface area (Å²) in [6.07, 6.45) is 1.73. The van der Waals surface area contributed by atoms with Crippen LogP contribution in [0.4, 0.5) is 0 Å². The van der Waals surface area contributed by atoms with Gasteiger partial charge in [0.05, 0.1) is 17.8 Å². The van der Waals surface area contributed by atoms with Gasteiger partial charge >= 0.3 is 5.97 Å². The van der Waals surface area contributed by atoms with Crippen LogP contribution in [0.15, 0.2) is 30.5 Å². The van der Waals surface area contributed by atoms with E-state index in [1.807, 2.05) is 36.6 Å². The van der Waals surface area contributed by atoms with E-state index < -0.39 is 12.0 Å². The van der Waals surface area contributed by atoms with Crippen molar-refractivity contribution in [3.8, 4) is 0 Å². The number of nitrogens with one attached hydrogen (secondary N) is 1. The highest BCUT2D eigenvalue weighted by molar-refractivity contribution is 5.97. The van der Waals surface area contributed by atoms with Gasteiger partial charge in [-0.05, 0) is 39.0 Å². The third-order valence-corrected chi connectivity index (χ3v) is 3.58. The van der Waals surface area contributed by atoms with Crippen LogP contribution < -0.4 is 5.32 Å². The van der Waals surface area contributed by atoms with Gasteiger partial charge in [-0.2, -0.15) is 0 Å². The van der Waals surface area contributed by atoms with E-state index in [1.165, 1.54) is 6.92 Å². The quantitative estimate of drug-likeness (QED) is 0.881. The van der Waals surface area contributed by atoms with Gasteiger partial charge in [0.2, 0.25) is 0 Å². The second-order valence-electron chi connectivity index (χ2n) is 5.23. The summed E-state index contributed by atoms with van der Waals surface area (Å²) in [5.74, 6) is -1.44. The Bertz CT molecular complexity index is 692. The van der Waals surface area contributed by atoms with Crippen LogP contribution in [0, 0.1) is 13.8 Å². The average molecular weight is 301 g/mol. The molecule has 0 radical (unpaired) electrons. The Morgan fingerprint density at radius 1 is 1.36 bits per heavy atom. The monoisotopic (exact) mass is 301 g/mol. The number of rotatable bonds is 5. The molecule has 2 heterocycles. The summed E-state index contributed by atoms with van der Waals surface area (Å²) in [6, 6.07) is 6.53. The van der Waals surface area contributed by atoms with Crippen LogP contribution in [0.25, 0.3) is 0 Å². The van der Waals surface area contributed by atoms with Crippen LogP contribution in [0.2, 0.25) is 0 Å². The zero-order valence-electron chi connectivity index (χ0n) is 12.8. The molecule has 0 fully saturated rings. The van der Waals surface area contributed by atoms with Crippen molar-refractivity contribution in [3.05, 3.63) is 53.1 Å². The lowest BCUT2D eigenvalue weighted by molar-refractivity contribution is -0.138. The lowest BCUT2D eigenvalue weighted by atomic mass is 10.2. The van der Waals surface area contributed by atoms with E-state index in [1.54, 1.807) is 12.3 Å². The summed E-state index contributed by atoms with van der Waals surface area (Å²) in [5, 5.41) is 11.3. The van der Waals surface area contributed by atoms with Gasteiger partial charge in [0.1, 0.15) is 6.04 Å². The van der Waals surface area contributed by atoms with Crippen molar-refractivity contribution in [3.63, 3.8) is 0 Å². The number of aromatic nitrogens is 2. The summed E-state index contributed by atoms with van der Waals surface area (Å²) in [4.78, 5) is 27.3.